The van der Waals surface area contributed by atoms with Crippen molar-refractivity contribution in [1.29, 1.82) is 0 Å². The van der Waals surface area contributed by atoms with Gasteiger partial charge in [0.1, 0.15) is 18.3 Å². The van der Waals surface area contributed by atoms with Gasteiger partial charge in [-0.15, -0.1) is 0 Å². The van der Waals surface area contributed by atoms with Crippen LogP contribution in [0.2, 0.25) is 5.02 Å². The Bertz CT molecular complexity index is 1130. The molecule has 2 atom stereocenters. The highest BCUT2D eigenvalue weighted by molar-refractivity contribution is 7.92. The molecule has 0 unspecified atom stereocenters. The Labute approximate surface area is 219 Å². The third kappa shape index (κ3) is 8.13. The number of hydrogen-bond acceptors (Lipinski definition) is 5. The number of anilines is 1. The van der Waals surface area contributed by atoms with Gasteiger partial charge in [0, 0.05) is 12.6 Å². The van der Waals surface area contributed by atoms with E-state index >= 15 is 0 Å². The molecule has 0 heterocycles. The molecule has 198 valence electrons. The lowest BCUT2D eigenvalue weighted by Gasteiger charge is -2.33. The van der Waals surface area contributed by atoms with Gasteiger partial charge in [-0.1, -0.05) is 55.8 Å². The van der Waals surface area contributed by atoms with Crippen LogP contribution in [-0.2, 0) is 26.0 Å². The molecule has 0 radical (unpaired) electrons. The van der Waals surface area contributed by atoms with E-state index in [2.05, 4.69) is 5.32 Å². The molecule has 2 aromatic rings. The third-order valence-corrected chi connectivity index (χ3v) is 7.41. The molecule has 0 fully saturated rings. The summed E-state index contributed by atoms with van der Waals surface area (Å²) in [6.45, 7) is 5.49. The van der Waals surface area contributed by atoms with Crippen molar-refractivity contribution in [2.75, 3.05) is 30.8 Å². The third-order valence-electron chi connectivity index (χ3n) is 5.97. The SMILES string of the molecule is CC[C@H](C(=O)N[C@@H](C)CC)N(CCc1ccccc1)C(=O)CN(c1ccc(OC)c(Cl)c1)S(C)(=O)=O. The lowest BCUT2D eigenvalue weighted by atomic mass is 10.1. The monoisotopic (exact) mass is 537 g/mol. The van der Waals surface area contributed by atoms with Gasteiger partial charge in [0.2, 0.25) is 21.8 Å². The number of nitrogens with zero attached hydrogens (tertiary/aromatic N) is 2. The molecule has 0 aliphatic rings. The van der Waals surface area contributed by atoms with Crippen molar-refractivity contribution in [2.45, 2.75) is 52.1 Å². The van der Waals surface area contributed by atoms with Crippen LogP contribution in [-0.4, -0.2) is 63.7 Å². The van der Waals surface area contributed by atoms with Gasteiger partial charge in [0.05, 0.1) is 24.1 Å². The number of carbonyl (C=O) groups excluding carboxylic acids is 2. The summed E-state index contributed by atoms with van der Waals surface area (Å²) < 4.78 is 31.5. The highest BCUT2D eigenvalue weighted by Crippen LogP contribution is 2.30. The van der Waals surface area contributed by atoms with E-state index in [9.17, 15) is 18.0 Å². The van der Waals surface area contributed by atoms with E-state index in [0.717, 1.165) is 22.5 Å². The highest BCUT2D eigenvalue weighted by atomic mass is 35.5. The number of methoxy groups -OCH3 is 1. The van der Waals surface area contributed by atoms with Gasteiger partial charge in [0.15, 0.2) is 0 Å². The molecule has 2 aromatic carbocycles. The molecule has 8 nitrogen and oxygen atoms in total. The summed E-state index contributed by atoms with van der Waals surface area (Å²) in [5.74, 6) is -0.349. The molecule has 10 heteroatoms. The molecule has 2 amide bonds. The van der Waals surface area contributed by atoms with Crippen LogP contribution in [0.5, 0.6) is 5.75 Å². The van der Waals surface area contributed by atoms with Crippen molar-refractivity contribution in [2.24, 2.45) is 0 Å². The topological polar surface area (TPSA) is 96.0 Å². The average Bonchev–Trinajstić information content (AvgIpc) is 2.84. The molecule has 36 heavy (non-hydrogen) atoms. The Morgan fingerprint density at radius 1 is 1.08 bits per heavy atom. The summed E-state index contributed by atoms with van der Waals surface area (Å²) in [7, 11) is -2.38. The Hall–Kier alpha value is -2.78. The lowest BCUT2D eigenvalue weighted by Crippen LogP contribution is -2.54. The minimum Gasteiger partial charge on any atom is -0.495 e. The summed E-state index contributed by atoms with van der Waals surface area (Å²) in [4.78, 5) is 28.2. The molecule has 0 saturated carbocycles. The number of amides is 2. The van der Waals surface area contributed by atoms with Crippen LogP contribution in [0, 0.1) is 0 Å². The van der Waals surface area contributed by atoms with Crippen molar-refractivity contribution in [3.05, 3.63) is 59.1 Å². The van der Waals surface area contributed by atoms with Crippen LogP contribution >= 0.6 is 11.6 Å². The van der Waals surface area contributed by atoms with Gasteiger partial charge in [0.25, 0.3) is 0 Å². The maximum Gasteiger partial charge on any atom is 0.244 e. The largest absolute Gasteiger partial charge is 0.495 e. The predicted octanol–water partition coefficient (Wildman–Crippen LogP) is 3.88. The van der Waals surface area contributed by atoms with E-state index in [-0.39, 0.29) is 29.2 Å². The maximum absolute atomic E-state index is 13.6. The van der Waals surface area contributed by atoms with Crippen molar-refractivity contribution in [3.8, 4) is 5.75 Å². The molecule has 1 N–H and O–H groups in total. The second kappa shape index (κ2) is 13.5. The Morgan fingerprint density at radius 2 is 1.75 bits per heavy atom. The Morgan fingerprint density at radius 3 is 2.28 bits per heavy atom. The molecule has 0 aliphatic carbocycles. The van der Waals surface area contributed by atoms with Crippen molar-refractivity contribution in [1.82, 2.24) is 10.2 Å². The number of carbonyl (C=O) groups is 2. The van der Waals surface area contributed by atoms with Crippen LogP contribution in [0.25, 0.3) is 0 Å². The fourth-order valence-corrected chi connectivity index (χ4v) is 4.85. The molecule has 0 spiro atoms. The van der Waals surface area contributed by atoms with Gasteiger partial charge >= 0.3 is 0 Å². The van der Waals surface area contributed by atoms with E-state index in [1.165, 1.54) is 24.1 Å². The number of rotatable bonds is 13. The van der Waals surface area contributed by atoms with Crippen molar-refractivity contribution < 1.29 is 22.7 Å². The molecule has 0 bridgehead atoms. The lowest BCUT2D eigenvalue weighted by molar-refractivity contribution is -0.139. The first-order valence-electron chi connectivity index (χ1n) is 12.0. The van der Waals surface area contributed by atoms with Crippen LogP contribution in [0.15, 0.2) is 48.5 Å². The predicted molar refractivity (Wildman–Crippen MR) is 144 cm³/mol. The number of sulfonamides is 1. The molecular weight excluding hydrogens is 502 g/mol. The fraction of sp³-hybridized carbons (Fsp3) is 0.462. The maximum atomic E-state index is 13.6. The van der Waals surface area contributed by atoms with Gasteiger partial charge in [-0.25, -0.2) is 8.42 Å². The summed E-state index contributed by atoms with van der Waals surface area (Å²) in [5, 5.41) is 3.17. The standard InChI is InChI=1S/C26H36ClN3O5S/c1-6-19(3)28-26(32)23(7-2)29(16-15-20-11-9-8-10-12-20)25(31)18-30(36(5,33)34)21-13-14-24(35-4)22(27)17-21/h8-14,17,19,23H,6-7,15-16,18H2,1-5H3,(H,28,32)/t19-,23+/m0/s1. The summed E-state index contributed by atoms with van der Waals surface area (Å²) >= 11 is 6.22. The highest BCUT2D eigenvalue weighted by Gasteiger charge is 2.32. The quantitative estimate of drug-likeness (QED) is 0.418. The first kappa shape index (κ1) is 29.5. The van der Waals surface area contributed by atoms with Crippen LogP contribution in [0.3, 0.4) is 0 Å². The molecule has 0 aromatic heterocycles. The second-order valence-electron chi connectivity index (χ2n) is 8.65. The number of hydrogen-bond donors (Lipinski definition) is 1. The second-order valence-corrected chi connectivity index (χ2v) is 11.0. The van der Waals surface area contributed by atoms with Gasteiger partial charge in [-0.05, 0) is 49.9 Å². The fourth-order valence-electron chi connectivity index (χ4n) is 3.76. The number of nitrogens with one attached hydrogen (secondary N) is 1. The zero-order chi connectivity index (χ0) is 26.9. The smallest absolute Gasteiger partial charge is 0.244 e. The van der Waals surface area contributed by atoms with E-state index in [0.29, 0.717) is 18.6 Å². The van der Waals surface area contributed by atoms with Gasteiger partial charge in [-0.3, -0.25) is 13.9 Å². The van der Waals surface area contributed by atoms with Crippen molar-refractivity contribution >= 4 is 39.1 Å². The van der Waals surface area contributed by atoms with Crippen LogP contribution < -0.4 is 14.4 Å². The first-order chi connectivity index (χ1) is 17.0. The first-order valence-corrected chi connectivity index (χ1v) is 14.2. The summed E-state index contributed by atoms with van der Waals surface area (Å²) in [6, 6.07) is 13.3. The van der Waals surface area contributed by atoms with E-state index in [4.69, 9.17) is 16.3 Å². The average molecular weight is 538 g/mol. The summed E-state index contributed by atoms with van der Waals surface area (Å²) in [6.07, 6.45) is 2.68. The minimum absolute atomic E-state index is 0.0495. The van der Waals surface area contributed by atoms with Gasteiger partial charge < -0.3 is 15.0 Å². The van der Waals surface area contributed by atoms with Gasteiger partial charge in [-0.2, -0.15) is 0 Å². The number of ether oxygens (including phenoxy) is 1. The number of halogens is 1. The molecule has 0 aliphatic heterocycles. The molecule has 2 rings (SSSR count). The Balaban J connectivity index is 2.39. The minimum atomic E-state index is -3.84. The number of benzene rings is 2. The van der Waals surface area contributed by atoms with Crippen LogP contribution in [0.4, 0.5) is 5.69 Å². The molecular formula is C26H36ClN3O5S. The Kier molecular flexibility index (Phi) is 11.0. The zero-order valence-electron chi connectivity index (χ0n) is 21.5. The van der Waals surface area contributed by atoms with E-state index in [1.807, 2.05) is 51.1 Å². The van der Waals surface area contributed by atoms with E-state index < -0.39 is 28.5 Å². The zero-order valence-corrected chi connectivity index (χ0v) is 23.1. The van der Waals surface area contributed by atoms with E-state index in [1.54, 1.807) is 6.07 Å². The molecule has 0 saturated heterocycles. The summed E-state index contributed by atoms with van der Waals surface area (Å²) in [5.41, 5.74) is 1.24. The normalized spacial score (nSPS) is 12.9. The van der Waals surface area contributed by atoms with Crippen LogP contribution in [0.1, 0.15) is 39.2 Å². The van der Waals surface area contributed by atoms with Crippen molar-refractivity contribution in [3.63, 3.8) is 0 Å².